The molecule has 0 bridgehead atoms. The van der Waals surface area contributed by atoms with Crippen LogP contribution in [0.15, 0.2) is 33.5 Å². The van der Waals surface area contributed by atoms with Gasteiger partial charge in [-0.15, -0.1) is 0 Å². The Labute approximate surface area is 104 Å². The van der Waals surface area contributed by atoms with Gasteiger partial charge in [0.05, 0.1) is 4.90 Å². The average Bonchev–Trinajstić information content (AvgIpc) is 2.30. The highest BCUT2D eigenvalue weighted by molar-refractivity contribution is 7.91. The smallest absolute Gasteiger partial charge is 0.137 e. The first kappa shape index (κ1) is 14.0. The van der Waals surface area contributed by atoms with Crippen molar-refractivity contribution in [3.8, 4) is 0 Å². The fourth-order valence-corrected chi connectivity index (χ4v) is 3.21. The lowest BCUT2D eigenvalue weighted by molar-refractivity contribution is 0.656. The van der Waals surface area contributed by atoms with Crippen molar-refractivity contribution < 1.29 is 4.21 Å². The van der Waals surface area contributed by atoms with Crippen molar-refractivity contribution in [3.05, 3.63) is 24.3 Å². The zero-order valence-corrected chi connectivity index (χ0v) is 11.3. The second-order valence-electron chi connectivity index (χ2n) is 3.79. The normalized spacial score (nSPS) is 14.2. The Kier molecular flexibility index (Phi) is 5.44. The molecule has 0 spiro atoms. The summed E-state index contributed by atoms with van der Waals surface area (Å²) in [6, 6.07) is 7.11. The molecule has 1 unspecified atom stereocenters. The molecule has 3 N–H and O–H groups in total. The van der Waals surface area contributed by atoms with E-state index >= 15 is 0 Å². The molecule has 0 aliphatic rings. The second-order valence-corrected chi connectivity index (χ2v) is 5.86. The van der Waals surface area contributed by atoms with E-state index in [2.05, 4.69) is 16.0 Å². The number of nitrogens with two attached hydrogens (primary N) is 1. The van der Waals surface area contributed by atoms with Gasteiger partial charge in [-0.2, -0.15) is 0 Å². The standard InChI is InChI=1S/C12H21N3OS/c1-3-5-9-15-17(16,14-4-2)12-8-6-7-11(13)10-12/h6-8,10H,3-5,9,13H2,1-2H3,(H,14,15,16). The van der Waals surface area contributed by atoms with Crippen LogP contribution in [0.3, 0.4) is 0 Å². The number of rotatable bonds is 6. The number of anilines is 1. The van der Waals surface area contributed by atoms with Crippen molar-refractivity contribution in [1.82, 2.24) is 4.72 Å². The Morgan fingerprint density at radius 3 is 2.76 bits per heavy atom. The molecule has 0 saturated carbocycles. The predicted molar refractivity (Wildman–Crippen MR) is 73.1 cm³/mol. The second kappa shape index (κ2) is 6.61. The maximum absolute atomic E-state index is 12.7. The highest BCUT2D eigenvalue weighted by Gasteiger charge is 2.11. The molecule has 0 radical (unpaired) electrons. The lowest BCUT2D eigenvalue weighted by Gasteiger charge is -2.12. The third-order valence-electron chi connectivity index (χ3n) is 2.32. The summed E-state index contributed by atoms with van der Waals surface area (Å²) in [5.41, 5.74) is 6.32. The molecule has 0 amide bonds. The summed E-state index contributed by atoms with van der Waals surface area (Å²) in [7, 11) is -2.52. The van der Waals surface area contributed by atoms with E-state index in [1.807, 2.05) is 6.92 Å². The van der Waals surface area contributed by atoms with E-state index in [1.165, 1.54) is 0 Å². The molecule has 1 aromatic carbocycles. The van der Waals surface area contributed by atoms with Crippen LogP contribution in [0.2, 0.25) is 0 Å². The van der Waals surface area contributed by atoms with E-state index in [-0.39, 0.29) is 0 Å². The molecule has 4 nitrogen and oxygen atoms in total. The van der Waals surface area contributed by atoms with E-state index in [9.17, 15) is 4.21 Å². The first-order chi connectivity index (χ1) is 8.12. The third-order valence-corrected chi connectivity index (χ3v) is 4.43. The minimum atomic E-state index is -2.52. The Balaban J connectivity index is 3.00. The van der Waals surface area contributed by atoms with Crippen molar-refractivity contribution in [1.29, 1.82) is 0 Å². The van der Waals surface area contributed by atoms with Gasteiger partial charge in [0.15, 0.2) is 0 Å². The Morgan fingerprint density at radius 1 is 1.41 bits per heavy atom. The molecule has 0 fully saturated rings. The first-order valence-corrected chi connectivity index (χ1v) is 7.47. The summed E-state index contributed by atoms with van der Waals surface area (Å²) in [5.74, 6) is 0. The van der Waals surface area contributed by atoms with Gasteiger partial charge in [-0.05, 0) is 31.5 Å². The van der Waals surface area contributed by atoms with Crippen LogP contribution in [0, 0.1) is 0 Å². The molecule has 0 aliphatic carbocycles. The number of hydrogen-bond acceptors (Lipinski definition) is 3. The summed E-state index contributed by atoms with van der Waals surface area (Å²) < 4.78 is 19.9. The van der Waals surface area contributed by atoms with Crippen molar-refractivity contribution >= 4 is 15.6 Å². The molecule has 0 aromatic heterocycles. The van der Waals surface area contributed by atoms with E-state index < -0.39 is 9.92 Å². The van der Waals surface area contributed by atoms with Crippen LogP contribution in [-0.2, 0) is 9.92 Å². The molecule has 0 heterocycles. The van der Waals surface area contributed by atoms with Crippen LogP contribution in [0.25, 0.3) is 0 Å². The summed E-state index contributed by atoms with van der Waals surface area (Å²) in [4.78, 5) is 0.662. The number of benzene rings is 1. The van der Waals surface area contributed by atoms with Gasteiger partial charge in [0.1, 0.15) is 9.92 Å². The largest absolute Gasteiger partial charge is 0.399 e. The van der Waals surface area contributed by atoms with Gasteiger partial charge in [-0.1, -0.05) is 19.4 Å². The lowest BCUT2D eigenvalue weighted by Crippen LogP contribution is -2.25. The van der Waals surface area contributed by atoms with Crippen molar-refractivity contribution in [2.24, 2.45) is 4.36 Å². The van der Waals surface area contributed by atoms with Crippen molar-refractivity contribution in [2.45, 2.75) is 31.6 Å². The minimum absolute atomic E-state index is 0.521. The van der Waals surface area contributed by atoms with Gasteiger partial charge >= 0.3 is 0 Å². The fraction of sp³-hybridized carbons (Fsp3) is 0.500. The van der Waals surface area contributed by atoms with Gasteiger partial charge in [0.25, 0.3) is 0 Å². The van der Waals surface area contributed by atoms with Crippen LogP contribution in [0.1, 0.15) is 26.7 Å². The molecule has 96 valence electrons. The zero-order chi connectivity index (χ0) is 12.7. The molecular formula is C12H21N3OS. The highest BCUT2D eigenvalue weighted by atomic mass is 32.2. The van der Waals surface area contributed by atoms with Gasteiger partial charge < -0.3 is 5.73 Å². The lowest BCUT2D eigenvalue weighted by atomic mass is 10.3. The van der Waals surface area contributed by atoms with E-state index in [1.54, 1.807) is 24.3 Å². The van der Waals surface area contributed by atoms with E-state index in [0.717, 1.165) is 12.8 Å². The Hall–Kier alpha value is -1.07. The number of hydrogen-bond donors (Lipinski definition) is 2. The van der Waals surface area contributed by atoms with Crippen molar-refractivity contribution in [3.63, 3.8) is 0 Å². The molecule has 1 aromatic rings. The molecular weight excluding hydrogens is 234 g/mol. The summed E-state index contributed by atoms with van der Waals surface area (Å²) in [6.45, 7) is 5.20. The topological polar surface area (TPSA) is 67.5 Å². The van der Waals surface area contributed by atoms with Crippen LogP contribution in [-0.4, -0.2) is 17.3 Å². The summed E-state index contributed by atoms with van der Waals surface area (Å²) >= 11 is 0. The Morgan fingerprint density at radius 2 is 2.18 bits per heavy atom. The number of nitrogens with one attached hydrogen (secondary N) is 1. The fourth-order valence-electron chi connectivity index (χ4n) is 1.46. The average molecular weight is 255 g/mol. The first-order valence-electron chi connectivity index (χ1n) is 5.95. The number of nitrogen functional groups attached to an aromatic ring is 1. The SMILES string of the molecule is CCCCNS(=O)(=NCC)c1cccc(N)c1. The maximum Gasteiger partial charge on any atom is 0.137 e. The van der Waals surface area contributed by atoms with Gasteiger partial charge in [-0.25, -0.2) is 13.3 Å². The zero-order valence-electron chi connectivity index (χ0n) is 10.5. The quantitative estimate of drug-likeness (QED) is 0.605. The number of unbranched alkanes of at least 4 members (excludes halogenated alkanes) is 1. The van der Waals surface area contributed by atoms with E-state index in [0.29, 0.717) is 23.7 Å². The van der Waals surface area contributed by atoms with Crippen LogP contribution >= 0.6 is 0 Å². The van der Waals surface area contributed by atoms with Crippen LogP contribution < -0.4 is 10.5 Å². The molecule has 1 rings (SSSR count). The molecule has 17 heavy (non-hydrogen) atoms. The predicted octanol–water partition coefficient (Wildman–Crippen LogP) is 2.42. The van der Waals surface area contributed by atoms with E-state index in [4.69, 9.17) is 5.73 Å². The highest BCUT2D eigenvalue weighted by Crippen LogP contribution is 2.15. The maximum atomic E-state index is 12.7. The number of nitrogens with zero attached hydrogens (tertiary/aromatic N) is 1. The summed E-state index contributed by atoms with van der Waals surface area (Å²) in [6.07, 6.45) is 2.05. The molecule has 5 heteroatoms. The summed E-state index contributed by atoms with van der Waals surface area (Å²) in [5, 5.41) is 0. The Bertz CT molecular complexity index is 465. The third kappa shape index (κ3) is 4.02. The van der Waals surface area contributed by atoms with Gasteiger partial charge in [0, 0.05) is 18.8 Å². The van der Waals surface area contributed by atoms with Crippen LogP contribution in [0.5, 0.6) is 0 Å². The van der Waals surface area contributed by atoms with Crippen LogP contribution in [0.4, 0.5) is 5.69 Å². The minimum Gasteiger partial charge on any atom is -0.399 e. The molecule has 0 saturated heterocycles. The van der Waals surface area contributed by atoms with Gasteiger partial charge in [0.2, 0.25) is 0 Å². The van der Waals surface area contributed by atoms with Gasteiger partial charge in [-0.3, -0.25) is 0 Å². The monoisotopic (exact) mass is 255 g/mol. The molecule has 1 atom stereocenters. The molecule has 0 aliphatic heterocycles. The van der Waals surface area contributed by atoms with Crippen molar-refractivity contribution in [2.75, 3.05) is 18.8 Å².